The molecule has 0 aliphatic heterocycles. The molecule has 0 fully saturated rings. The summed E-state index contributed by atoms with van der Waals surface area (Å²) >= 11 is 0. The molecular formula is C16H23NO. The van der Waals surface area contributed by atoms with Crippen LogP contribution >= 0.6 is 0 Å². The summed E-state index contributed by atoms with van der Waals surface area (Å²) in [4.78, 5) is 11.2. The number of hydrogen-bond acceptors (Lipinski definition) is 1. The molecule has 0 saturated heterocycles. The number of carbonyl (C=O) groups is 1. The third kappa shape index (κ3) is 10.7. The Morgan fingerprint density at radius 1 is 1.28 bits per heavy atom. The summed E-state index contributed by atoms with van der Waals surface area (Å²) in [6, 6.07) is 0. The fraction of sp³-hybridized carbons (Fsp3) is 0.312. The van der Waals surface area contributed by atoms with Crippen LogP contribution in [-0.4, -0.2) is 5.91 Å². The van der Waals surface area contributed by atoms with Crippen LogP contribution in [0.1, 0.15) is 33.1 Å². The number of amides is 1. The molecule has 0 aromatic rings. The van der Waals surface area contributed by atoms with Gasteiger partial charge in [-0.1, -0.05) is 54.7 Å². The quantitative estimate of drug-likeness (QED) is 0.507. The van der Waals surface area contributed by atoms with Gasteiger partial charge in [0.25, 0.3) is 0 Å². The van der Waals surface area contributed by atoms with Crippen molar-refractivity contribution in [3.05, 3.63) is 60.9 Å². The highest BCUT2D eigenvalue weighted by Crippen LogP contribution is 2.05. The average molecular weight is 245 g/mol. The minimum absolute atomic E-state index is 0.0190. The second kappa shape index (κ2) is 11.6. The lowest BCUT2D eigenvalue weighted by molar-refractivity contribution is -0.119. The van der Waals surface area contributed by atoms with E-state index in [0.717, 1.165) is 12.8 Å². The smallest absolute Gasteiger partial charge is 0.227 e. The van der Waals surface area contributed by atoms with E-state index in [9.17, 15) is 4.79 Å². The van der Waals surface area contributed by atoms with Crippen molar-refractivity contribution in [1.29, 1.82) is 0 Å². The van der Waals surface area contributed by atoms with E-state index in [1.165, 1.54) is 5.57 Å². The minimum Gasteiger partial charge on any atom is -0.333 e. The molecule has 0 saturated carbocycles. The van der Waals surface area contributed by atoms with Gasteiger partial charge in [-0.05, 0) is 32.9 Å². The van der Waals surface area contributed by atoms with Gasteiger partial charge in [0.2, 0.25) is 5.91 Å². The van der Waals surface area contributed by atoms with Crippen molar-refractivity contribution in [2.24, 2.45) is 0 Å². The number of hydrogen-bond donors (Lipinski definition) is 1. The first-order valence-corrected chi connectivity index (χ1v) is 6.21. The first-order chi connectivity index (χ1) is 8.70. The van der Waals surface area contributed by atoms with Crippen molar-refractivity contribution < 1.29 is 4.79 Å². The summed E-state index contributed by atoms with van der Waals surface area (Å²) in [5.74, 6) is 0.0190. The molecule has 1 amide bonds. The SMILES string of the molecule is C=C/C=C\C=C(/C)CC/C=C/CC(=O)N/C=C/C. The predicted octanol–water partition coefficient (Wildman–Crippen LogP) is 4.05. The molecular weight excluding hydrogens is 222 g/mol. The molecule has 0 aromatic heterocycles. The Morgan fingerprint density at radius 3 is 2.72 bits per heavy atom. The van der Waals surface area contributed by atoms with Crippen molar-refractivity contribution in [2.45, 2.75) is 33.1 Å². The highest BCUT2D eigenvalue weighted by atomic mass is 16.1. The molecule has 0 unspecified atom stereocenters. The molecule has 2 heteroatoms. The Bertz CT molecular complexity index is 359. The molecule has 0 rings (SSSR count). The topological polar surface area (TPSA) is 29.1 Å². The second-order valence-corrected chi connectivity index (χ2v) is 3.92. The van der Waals surface area contributed by atoms with Gasteiger partial charge >= 0.3 is 0 Å². The van der Waals surface area contributed by atoms with E-state index < -0.39 is 0 Å². The van der Waals surface area contributed by atoms with Gasteiger partial charge in [0.1, 0.15) is 0 Å². The highest BCUT2D eigenvalue weighted by molar-refractivity contribution is 5.78. The standard InChI is InChI=1S/C16H23NO/c1-4-6-8-11-15(3)12-9-7-10-13-16(18)17-14-5-2/h4-8,10-11,14H,1,9,12-13H2,2-3H3,(H,17,18)/b8-6-,10-7+,14-5+,15-11+. The molecule has 1 N–H and O–H groups in total. The van der Waals surface area contributed by atoms with Crippen molar-refractivity contribution >= 4 is 5.91 Å². The van der Waals surface area contributed by atoms with Crippen LogP contribution in [0, 0.1) is 0 Å². The normalized spacial score (nSPS) is 12.7. The van der Waals surface area contributed by atoms with Crippen molar-refractivity contribution in [2.75, 3.05) is 0 Å². The third-order valence-corrected chi connectivity index (χ3v) is 2.21. The molecule has 0 radical (unpaired) electrons. The minimum atomic E-state index is 0.0190. The second-order valence-electron chi connectivity index (χ2n) is 3.92. The molecule has 0 spiro atoms. The molecule has 0 atom stereocenters. The summed E-state index contributed by atoms with van der Waals surface area (Å²) in [7, 11) is 0. The van der Waals surface area contributed by atoms with E-state index in [2.05, 4.69) is 24.9 Å². The van der Waals surface area contributed by atoms with E-state index >= 15 is 0 Å². The summed E-state index contributed by atoms with van der Waals surface area (Å²) in [5, 5.41) is 2.67. The Morgan fingerprint density at radius 2 is 2.06 bits per heavy atom. The summed E-state index contributed by atoms with van der Waals surface area (Å²) in [6.45, 7) is 7.58. The molecule has 0 aromatic carbocycles. The van der Waals surface area contributed by atoms with E-state index in [-0.39, 0.29) is 5.91 Å². The van der Waals surface area contributed by atoms with Crippen LogP contribution in [-0.2, 0) is 4.79 Å². The average Bonchev–Trinajstić information content (AvgIpc) is 2.36. The van der Waals surface area contributed by atoms with Gasteiger partial charge in [-0.15, -0.1) is 0 Å². The number of carbonyl (C=O) groups excluding carboxylic acids is 1. The van der Waals surface area contributed by atoms with Gasteiger partial charge in [0, 0.05) is 6.42 Å². The zero-order valence-corrected chi connectivity index (χ0v) is 11.4. The third-order valence-electron chi connectivity index (χ3n) is 2.21. The molecule has 0 bridgehead atoms. The Labute approximate surface area is 110 Å². The lowest BCUT2D eigenvalue weighted by Crippen LogP contribution is -2.14. The molecule has 0 aliphatic rings. The first kappa shape index (κ1) is 16.2. The van der Waals surface area contributed by atoms with E-state index in [0.29, 0.717) is 6.42 Å². The van der Waals surface area contributed by atoms with Crippen LogP contribution in [0.25, 0.3) is 0 Å². The molecule has 98 valence electrons. The number of rotatable bonds is 8. The summed E-state index contributed by atoms with van der Waals surface area (Å²) in [5.41, 5.74) is 1.32. The fourth-order valence-electron chi connectivity index (χ4n) is 1.24. The van der Waals surface area contributed by atoms with Gasteiger partial charge in [-0.2, -0.15) is 0 Å². The van der Waals surface area contributed by atoms with Gasteiger partial charge < -0.3 is 5.32 Å². The van der Waals surface area contributed by atoms with Crippen molar-refractivity contribution in [3.8, 4) is 0 Å². The Balaban J connectivity index is 3.77. The lowest BCUT2D eigenvalue weighted by Gasteiger charge is -1.96. The predicted molar refractivity (Wildman–Crippen MR) is 79.0 cm³/mol. The van der Waals surface area contributed by atoms with E-state index in [1.807, 2.05) is 31.2 Å². The van der Waals surface area contributed by atoms with Crippen molar-refractivity contribution in [3.63, 3.8) is 0 Å². The van der Waals surface area contributed by atoms with Crippen molar-refractivity contribution in [1.82, 2.24) is 5.32 Å². The fourth-order valence-corrected chi connectivity index (χ4v) is 1.24. The zero-order valence-electron chi connectivity index (χ0n) is 11.4. The van der Waals surface area contributed by atoms with E-state index in [1.54, 1.807) is 18.4 Å². The lowest BCUT2D eigenvalue weighted by atomic mass is 10.1. The van der Waals surface area contributed by atoms with Crippen LogP contribution in [0.2, 0.25) is 0 Å². The van der Waals surface area contributed by atoms with Gasteiger partial charge in [0.05, 0.1) is 0 Å². The van der Waals surface area contributed by atoms with Crippen LogP contribution in [0.4, 0.5) is 0 Å². The monoisotopic (exact) mass is 245 g/mol. The number of allylic oxidation sites excluding steroid dienone is 7. The van der Waals surface area contributed by atoms with E-state index in [4.69, 9.17) is 0 Å². The Kier molecular flexibility index (Phi) is 10.5. The molecule has 2 nitrogen and oxygen atoms in total. The maximum atomic E-state index is 11.2. The highest BCUT2D eigenvalue weighted by Gasteiger charge is 1.92. The van der Waals surface area contributed by atoms with Crippen LogP contribution in [0.15, 0.2) is 60.9 Å². The largest absolute Gasteiger partial charge is 0.333 e. The maximum Gasteiger partial charge on any atom is 0.227 e. The first-order valence-electron chi connectivity index (χ1n) is 6.21. The zero-order chi connectivity index (χ0) is 13.6. The molecule has 0 heterocycles. The van der Waals surface area contributed by atoms with Crippen LogP contribution in [0.3, 0.4) is 0 Å². The molecule has 18 heavy (non-hydrogen) atoms. The molecule has 0 aliphatic carbocycles. The summed E-state index contributed by atoms with van der Waals surface area (Å²) in [6.07, 6.45) is 17.5. The maximum absolute atomic E-state index is 11.2. The van der Waals surface area contributed by atoms with Crippen LogP contribution in [0.5, 0.6) is 0 Å². The van der Waals surface area contributed by atoms with Gasteiger partial charge in [-0.25, -0.2) is 0 Å². The van der Waals surface area contributed by atoms with Gasteiger partial charge in [-0.3, -0.25) is 4.79 Å². The Hall–Kier alpha value is -1.83. The number of nitrogens with one attached hydrogen (secondary N) is 1. The summed E-state index contributed by atoms with van der Waals surface area (Å²) < 4.78 is 0. The van der Waals surface area contributed by atoms with Gasteiger partial charge in [0.15, 0.2) is 0 Å². The van der Waals surface area contributed by atoms with Crippen LogP contribution < -0.4 is 5.32 Å².